The van der Waals surface area contributed by atoms with Crippen molar-refractivity contribution in [1.82, 2.24) is 35.7 Å². The Hall–Kier alpha value is -1.97. The molecule has 0 saturated heterocycles. The van der Waals surface area contributed by atoms with Gasteiger partial charge in [0.05, 0.1) is 11.8 Å². The third kappa shape index (κ3) is 4.21. The van der Waals surface area contributed by atoms with Gasteiger partial charge in [0.15, 0.2) is 5.82 Å². The van der Waals surface area contributed by atoms with Gasteiger partial charge in [-0.05, 0) is 36.1 Å². The summed E-state index contributed by atoms with van der Waals surface area (Å²) in [4.78, 5) is 17.3. The number of nitrogens with zero attached hydrogens (tertiary/aromatic N) is 6. The fourth-order valence-corrected chi connectivity index (χ4v) is 5.07. The maximum atomic E-state index is 12.8. The lowest BCUT2D eigenvalue weighted by Gasteiger charge is -2.30. The van der Waals surface area contributed by atoms with E-state index in [1.165, 1.54) is 37.4 Å². The van der Waals surface area contributed by atoms with Gasteiger partial charge in [-0.25, -0.2) is 4.68 Å². The molecule has 1 N–H and O–H groups in total. The first-order valence-corrected chi connectivity index (χ1v) is 11.2. The van der Waals surface area contributed by atoms with Crippen molar-refractivity contribution in [2.24, 2.45) is 0 Å². The SMILES string of the molecule is Cc1nc(C2(NC(=O)CSc3nnnn3C3CCCC3)CCCCCC2)no1. The molecule has 2 aliphatic carbocycles. The Labute approximate surface area is 168 Å². The summed E-state index contributed by atoms with van der Waals surface area (Å²) in [6.45, 7) is 1.78. The predicted octanol–water partition coefficient (Wildman–Crippen LogP) is 2.94. The van der Waals surface area contributed by atoms with E-state index < -0.39 is 5.54 Å². The average molecular weight is 406 g/mol. The summed E-state index contributed by atoms with van der Waals surface area (Å²) in [5, 5.41) is 20.2. The summed E-state index contributed by atoms with van der Waals surface area (Å²) in [7, 11) is 0. The van der Waals surface area contributed by atoms with Crippen molar-refractivity contribution in [3.05, 3.63) is 11.7 Å². The number of aromatic nitrogens is 6. The lowest BCUT2D eigenvalue weighted by Crippen LogP contribution is -2.47. The molecule has 2 saturated carbocycles. The van der Waals surface area contributed by atoms with Crippen LogP contribution in [0.25, 0.3) is 0 Å². The van der Waals surface area contributed by atoms with Gasteiger partial charge in [0.1, 0.15) is 5.54 Å². The number of amides is 1. The van der Waals surface area contributed by atoms with Gasteiger partial charge in [0.25, 0.3) is 0 Å². The monoisotopic (exact) mass is 405 g/mol. The predicted molar refractivity (Wildman–Crippen MR) is 103 cm³/mol. The van der Waals surface area contributed by atoms with Gasteiger partial charge in [-0.3, -0.25) is 4.79 Å². The van der Waals surface area contributed by atoms with Crippen molar-refractivity contribution in [3.8, 4) is 0 Å². The van der Waals surface area contributed by atoms with Crippen LogP contribution in [0.3, 0.4) is 0 Å². The molecular formula is C18H27N7O2S. The molecule has 0 atom stereocenters. The third-order valence-electron chi connectivity index (χ3n) is 5.76. The van der Waals surface area contributed by atoms with E-state index in [9.17, 15) is 4.79 Å². The molecule has 0 bridgehead atoms. The minimum atomic E-state index is -0.538. The Bertz CT molecular complexity index is 791. The van der Waals surface area contributed by atoms with Crippen molar-refractivity contribution in [3.63, 3.8) is 0 Å². The topological polar surface area (TPSA) is 112 Å². The van der Waals surface area contributed by atoms with E-state index in [0.717, 1.165) is 38.5 Å². The second-order valence-electron chi connectivity index (χ2n) is 7.81. The van der Waals surface area contributed by atoms with E-state index in [1.807, 2.05) is 4.68 Å². The number of carbonyl (C=O) groups excluding carboxylic acids is 1. The molecule has 0 radical (unpaired) electrons. The van der Waals surface area contributed by atoms with Crippen LogP contribution in [0.2, 0.25) is 0 Å². The van der Waals surface area contributed by atoms with E-state index in [1.54, 1.807) is 6.92 Å². The molecule has 0 unspecified atom stereocenters. The van der Waals surface area contributed by atoms with Crippen molar-refractivity contribution in [2.75, 3.05) is 5.75 Å². The number of rotatable bonds is 6. The molecule has 2 aromatic heterocycles. The van der Waals surface area contributed by atoms with Crippen molar-refractivity contribution in [1.29, 1.82) is 0 Å². The van der Waals surface area contributed by atoms with E-state index in [4.69, 9.17) is 4.52 Å². The van der Waals surface area contributed by atoms with Gasteiger partial charge < -0.3 is 9.84 Å². The zero-order valence-corrected chi connectivity index (χ0v) is 17.1. The van der Waals surface area contributed by atoms with Gasteiger partial charge in [0, 0.05) is 6.92 Å². The Morgan fingerprint density at radius 2 is 1.96 bits per heavy atom. The molecule has 10 heteroatoms. The minimum Gasteiger partial charge on any atom is -0.342 e. The van der Waals surface area contributed by atoms with Crippen LogP contribution in [-0.2, 0) is 10.3 Å². The lowest BCUT2D eigenvalue weighted by atomic mass is 9.89. The Morgan fingerprint density at radius 3 is 2.64 bits per heavy atom. The van der Waals surface area contributed by atoms with Crippen molar-refractivity contribution in [2.45, 2.75) is 87.9 Å². The standard InChI is InChI=1S/C18H27N7O2S/c1-13-19-16(22-27-13)18(10-6-2-3-7-11-18)20-15(26)12-28-17-21-23-24-25(17)14-8-4-5-9-14/h14H,2-12H2,1H3,(H,20,26). The molecule has 0 aliphatic heterocycles. The van der Waals surface area contributed by atoms with Crippen molar-refractivity contribution >= 4 is 17.7 Å². The number of tetrazole rings is 1. The van der Waals surface area contributed by atoms with Gasteiger partial charge in [-0.1, -0.05) is 55.4 Å². The number of hydrogen-bond acceptors (Lipinski definition) is 8. The first kappa shape index (κ1) is 19.4. The molecule has 4 rings (SSSR count). The highest BCUT2D eigenvalue weighted by Gasteiger charge is 2.38. The van der Waals surface area contributed by atoms with Crippen LogP contribution in [0, 0.1) is 6.92 Å². The fourth-order valence-electron chi connectivity index (χ4n) is 4.32. The normalized spacial score (nSPS) is 20.2. The van der Waals surface area contributed by atoms with E-state index in [-0.39, 0.29) is 11.7 Å². The zero-order valence-electron chi connectivity index (χ0n) is 16.3. The van der Waals surface area contributed by atoms with E-state index >= 15 is 0 Å². The summed E-state index contributed by atoms with van der Waals surface area (Å²) in [6.07, 6.45) is 10.7. The van der Waals surface area contributed by atoms with Gasteiger partial charge in [-0.15, -0.1) is 5.10 Å². The number of nitrogens with one attached hydrogen (secondary N) is 1. The van der Waals surface area contributed by atoms with Crippen LogP contribution < -0.4 is 5.32 Å². The largest absolute Gasteiger partial charge is 0.342 e. The molecule has 2 heterocycles. The molecule has 9 nitrogen and oxygen atoms in total. The summed E-state index contributed by atoms with van der Waals surface area (Å²) < 4.78 is 7.09. The van der Waals surface area contributed by atoms with Crippen LogP contribution >= 0.6 is 11.8 Å². The number of thioether (sulfide) groups is 1. The second kappa shape index (κ2) is 8.59. The molecule has 2 aliphatic rings. The highest BCUT2D eigenvalue weighted by atomic mass is 32.2. The summed E-state index contributed by atoms with van der Waals surface area (Å²) in [5.41, 5.74) is -0.538. The van der Waals surface area contributed by atoms with Crippen LogP contribution in [0.5, 0.6) is 0 Å². The first-order chi connectivity index (χ1) is 13.7. The Morgan fingerprint density at radius 1 is 1.21 bits per heavy atom. The second-order valence-corrected chi connectivity index (χ2v) is 8.76. The lowest BCUT2D eigenvalue weighted by molar-refractivity contribution is -0.120. The number of aryl methyl sites for hydroxylation is 1. The number of carbonyl (C=O) groups is 1. The fraction of sp³-hybridized carbons (Fsp3) is 0.778. The van der Waals surface area contributed by atoms with E-state index in [0.29, 0.717) is 22.9 Å². The first-order valence-electron chi connectivity index (χ1n) is 10.2. The Balaban J connectivity index is 1.43. The maximum absolute atomic E-state index is 12.8. The summed E-state index contributed by atoms with van der Waals surface area (Å²) >= 11 is 1.39. The van der Waals surface area contributed by atoms with Gasteiger partial charge >= 0.3 is 0 Å². The molecule has 2 aromatic rings. The molecule has 28 heavy (non-hydrogen) atoms. The summed E-state index contributed by atoms with van der Waals surface area (Å²) in [6, 6.07) is 0.357. The molecule has 152 valence electrons. The zero-order chi connectivity index (χ0) is 19.4. The Kier molecular flexibility index (Phi) is 5.93. The number of hydrogen-bond donors (Lipinski definition) is 1. The van der Waals surface area contributed by atoms with Crippen LogP contribution in [0.1, 0.15) is 82.0 Å². The highest BCUT2D eigenvalue weighted by molar-refractivity contribution is 7.99. The molecule has 1 amide bonds. The third-order valence-corrected chi connectivity index (χ3v) is 6.69. The smallest absolute Gasteiger partial charge is 0.231 e. The van der Waals surface area contributed by atoms with Crippen LogP contribution in [0.4, 0.5) is 0 Å². The molecule has 0 aromatic carbocycles. The highest BCUT2D eigenvalue weighted by Crippen LogP contribution is 2.35. The summed E-state index contributed by atoms with van der Waals surface area (Å²) in [5.74, 6) is 1.35. The van der Waals surface area contributed by atoms with Gasteiger partial charge in [0.2, 0.25) is 17.0 Å². The molecular weight excluding hydrogens is 378 g/mol. The molecule has 0 spiro atoms. The molecule has 2 fully saturated rings. The van der Waals surface area contributed by atoms with Crippen molar-refractivity contribution < 1.29 is 9.32 Å². The minimum absolute atomic E-state index is 0.0460. The van der Waals surface area contributed by atoms with Gasteiger partial charge in [-0.2, -0.15) is 4.98 Å². The van der Waals surface area contributed by atoms with Crippen LogP contribution in [-0.4, -0.2) is 42.0 Å². The van der Waals surface area contributed by atoms with Crippen LogP contribution in [0.15, 0.2) is 9.68 Å². The van der Waals surface area contributed by atoms with E-state index in [2.05, 4.69) is 31.0 Å². The maximum Gasteiger partial charge on any atom is 0.231 e. The quantitative estimate of drug-likeness (QED) is 0.577. The average Bonchev–Trinajstić information content (AvgIpc) is 3.41.